The molecule has 0 saturated carbocycles. The molecule has 3 nitrogen and oxygen atoms in total. The third-order valence-electron chi connectivity index (χ3n) is 16.4. The molecule has 8 aromatic carbocycles. The summed E-state index contributed by atoms with van der Waals surface area (Å²) in [6.07, 6.45) is 2.34. The smallest absolute Gasteiger partial charge is 0.376 e. The maximum absolute atomic E-state index is 7.46. The molecular formula is C60H45BN2OS. The van der Waals surface area contributed by atoms with Gasteiger partial charge in [-0.2, -0.15) is 0 Å². The number of para-hydroxylation sites is 3. The van der Waals surface area contributed by atoms with Gasteiger partial charge in [0.05, 0.1) is 11.1 Å². The van der Waals surface area contributed by atoms with Gasteiger partial charge in [0.2, 0.25) is 0 Å². The highest BCUT2D eigenvalue weighted by molar-refractivity contribution is 7.26. The normalized spacial score (nSPS) is 17.2. The summed E-state index contributed by atoms with van der Waals surface area (Å²) in [4.78, 5) is 5.33. The molecule has 65 heavy (non-hydrogen) atoms. The van der Waals surface area contributed by atoms with Gasteiger partial charge in [-0.3, -0.25) is 0 Å². The maximum atomic E-state index is 7.46. The van der Waals surface area contributed by atoms with Crippen LogP contribution in [-0.4, -0.2) is 6.85 Å². The fourth-order valence-corrected chi connectivity index (χ4v) is 14.7. The van der Waals surface area contributed by atoms with Gasteiger partial charge in [0.15, 0.2) is 0 Å². The van der Waals surface area contributed by atoms with Crippen LogP contribution in [0, 0.1) is 6.92 Å². The number of aryl methyl sites for hydroxylation is 1. The first-order valence-electron chi connectivity index (χ1n) is 23.3. The zero-order chi connectivity index (χ0) is 43.3. The molecule has 0 unspecified atom stereocenters. The van der Waals surface area contributed by atoms with Gasteiger partial charge in [0, 0.05) is 59.4 Å². The molecule has 1 spiro atoms. The van der Waals surface area contributed by atoms with Crippen LogP contribution in [0.5, 0.6) is 0 Å². The average Bonchev–Trinajstić information content (AvgIpc) is 3.99. The van der Waals surface area contributed by atoms with Crippen LogP contribution in [0.3, 0.4) is 0 Å². The summed E-state index contributed by atoms with van der Waals surface area (Å²) in [5.41, 5.74) is 23.8. The van der Waals surface area contributed by atoms with Crippen molar-refractivity contribution in [3.8, 4) is 22.3 Å². The number of hydrogen-bond donors (Lipinski definition) is 0. The van der Waals surface area contributed by atoms with Crippen LogP contribution in [0.15, 0.2) is 162 Å². The van der Waals surface area contributed by atoms with E-state index in [-0.39, 0.29) is 17.7 Å². The van der Waals surface area contributed by atoms with Crippen LogP contribution in [-0.2, 0) is 16.2 Å². The second-order valence-electron chi connectivity index (χ2n) is 20.6. The average molecular weight is 853 g/mol. The van der Waals surface area contributed by atoms with Gasteiger partial charge < -0.3 is 14.1 Å². The third kappa shape index (κ3) is 4.30. The lowest BCUT2D eigenvalue weighted by Gasteiger charge is -2.51. The minimum Gasteiger partial charge on any atom is -0.466 e. The molecule has 0 fully saturated rings. The fourth-order valence-electron chi connectivity index (χ4n) is 13.4. The van der Waals surface area contributed by atoms with E-state index in [0.29, 0.717) is 0 Å². The van der Waals surface area contributed by atoms with Crippen molar-refractivity contribution in [2.75, 3.05) is 9.71 Å². The Morgan fingerprint density at radius 2 is 1.14 bits per heavy atom. The van der Waals surface area contributed by atoms with Gasteiger partial charge in [-0.05, 0) is 123 Å². The molecule has 0 N–H and O–H groups in total. The molecule has 0 amide bonds. The lowest BCUT2D eigenvalue weighted by molar-refractivity contribution is 0.332. The first-order chi connectivity index (χ1) is 31.7. The molecule has 310 valence electrons. The van der Waals surface area contributed by atoms with E-state index < -0.39 is 5.41 Å². The second kappa shape index (κ2) is 12.1. The maximum Gasteiger partial charge on any atom is 0.376 e. The molecule has 2 aromatic heterocycles. The Bertz CT molecular complexity index is 3750. The van der Waals surface area contributed by atoms with Crippen molar-refractivity contribution >= 4 is 88.9 Å². The van der Waals surface area contributed by atoms with Crippen LogP contribution < -0.4 is 20.8 Å². The van der Waals surface area contributed by atoms with E-state index in [4.69, 9.17) is 4.42 Å². The van der Waals surface area contributed by atoms with Crippen molar-refractivity contribution < 1.29 is 4.42 Å². The van der Waals surface area contributed by atoms with E-state index in [2.05, 4.69) is 202 Å². The Morgan fingerprint density at radius 3 is 1.91 bits per heavy atom. The topological polar surface area (TPSA) is 19.6 Å². The molecule has 10 aromatic rings. The van der Waals surface area contributed by atoms with Crippen molar-refractivity contribution in [2.45, 2.75) is 63.7 Å². The molecule has 0 saturated heterocycles. The first kappa shape index (κ1) is 36.5. The molecule has 5 heteroatoms. The fraction of sp³-hybridized carbons (Fsp3) is 0.167. The summed E-state index contributed by atoms with van der Waals surface area (Å²) in [5, 5.41) is 3.76. The lowest BCUT2D eigenvalue weighted by Crippen LogP contribution is -2.62. The SMILES string of the molecule is Cc1cc2c(cc1N1c3cc4c(sc5ccccc54)c4c3B(c3oc5ccccc5c31)N1c3ccccc3C3(c5ccccc5-c5ccccc53)c3cccc-4c31)C(C)(C)CCC2(C)C. The molecule has 0 bridgehead atoms. The third-order valence-corrected chi connectivity index (χ3v) is 17.6. The summed E-state index contributed by atoms with van der Waals surface area (Å²) in [6, 6.07) is 60.3. The zero-order valence-electron chi connectivity index (χ0n) is 37.2. The molecule has 2 aliphatic carbocycles. The largest absolute Gasteiger partial charge is 0.466 e. The van der Waals surface area contributed by atoms with Crippen LogP contribution >= 0.6 is 11.3 Å². The van der Waals surface area contributed by atoms with E-state index in [9.17, 15) is 0 Å². The van der Waals surface area contributed by atoms with Crippen LogP contribution in [0.2, 0.25) is 0 Å². The van der Waals surface area contributed by atoms with Gasteiger partial charge in [-0.25, -0.2) is 0 Å². The van der Waals surface area contributed by atoms with Crippen molar-refractivity contribution in [1.82, 2.24) is 0 Å². The summed E-state index contributed by atoms with van der Waals surface area (Å²) >= 11 is 1.94. The number of thiophene rings is 1. The Hall–Kier alpha value is -6.82. The van der Waals surface area contributed by atoms with Crippen LogP contribution in [0.25, 0.3) is 53.4 Å². The molecule has 5 heterocycles. The van der Waals surface area contributed by atoms with E-state index in [0.717, 1.165) is 28.7 Å². The molecular weight excluding hydrogens is 808 g/mol. The minimum atomic E-state index is -0.516. The van der Waals surface area contributed by atoms with Gasteiger partial charge in [0.25, 0.3) is 0 Å². The van der Waals surface area contributed by atoms with Crippen molar-refractivity contribution in [2.24, 2.45) is 0 Å². The Morgan fingerprint density at radius 1 is 0.523 bits per heavy atom. The zero-order valence-corrected chi connectivity index (χ0v) is 38.0. The molecule has 3 aliphatic heterocycles. The lowest BCUT2D eigenvalue weighted by atomic mass is 9.44. The standard InChI is InChI=1S/C60H45BN2OS/c1-34-31-45-46(59(4,5)30-29-58(45,2)3)33-48(34)62-49-32-40-37-19-9-15-28-51(37)65-56(40)52-39-21-16-25-44-54(39)63(61(53(49)52)57-55(62)38-20-8-14-27-50(38)64-57)47-26-13-12-24-43(47)60(44)41-22-10-6-17-35(41)36-18-7-11-23-42(36)60/h6-28,31-33H,29-30H2,1-5H3. The molecule has 0 radical (unpaired) electrons. The van der Waals surface area contributed by atoms with Crippen LogP contribution in [0.4, 0.5) is 28.4 Å². The monoisotopic (exact) mass is 852 g/mol. The highest BCUT2D eigenvalue weighted by Gasteiger charge is 2.57. The highest BCUT2D eigenvalue weighted by Crippen LogP contribution is 2.66. The predicted molar refractivity (Wildman–Crippen MR) is 274 cm³/mol. The number of hydrogen-bond acceptors (Lipinski definition) is 4. The number of furan rings is 1. The van der Waals surface area contributed by atoms with E-state index in [1.165, 1.54) is 116 Å². The van der Waals surface area contributed by atoms with Crippen molar-refractivity contribution in [1.29, 1.82) is 0 Å². The van der Waals surface area contributed by atoms with Gasteiger partial charge in [-0.1, -0.05) is 149 Å². The summed E-state index contributed by atoms with van der Waals surface area (Å²) < 4.78 is 10.1. The Balaban J connectivity index is 1.14. The number of fused-ring (bicyclic) bond motifs is 20. The Labute approximate surface area is 383 Å². The van der Waals surface area contributed by atoms with Gasteiger partial charge in [-0.15, -0.1) is 11.3 Å². The van der Waals surface area contributed by atoms with E-state index in [1.807, 2.05) is 11.3 Å². The van der Waals surface area contributed by atoms with E-state index >= 15 is 0 Å². The predicted octanol–water partition coefficient (Wildman–Crippen LogP) is 14.8. The summed E-state index contributed by atoms with van der Waals surface area (Å²) in [5.74, 6) is 0. The number of benzene rings is 8. The van der Waals surface area contributed by atoms with Gasteiger partial charge >= 0.3 is 6.85 Å². The molecule has 5 aliphatic rings. The van der Waals surface area contributed by atoms with Gasteiger partial charge in [0.1, 0.15) is 11.2 Å². The second-order valence-corrected chi connectivity index (χ2v) is 21.6. The summed E-state index contributed by atoms with van der Waals surface area (Å²) in [6.45, 7) is 11.9. The van der Waals surface area contributed by atoms with Crippen molar-refractivity contribution in [3.05, 3.63) is 197 Å². The quantitative estimate of drug-likeness (QED) is 0.153. The number of anilines is 5. The Kier molecular flexibility index (Phi) is 6.79. The number of nitrogens with zero attached hydrogens (tertiary/aromatic N) is 2. The highest BCUT2D eigenvalue weighted by atomic mass is 32.1. The van der Waals surface area contributed by atoms with Crippen molar-refractivity contribution in [3.63, 3.8) is 0 Å². The molecule has 0 atom stereocenters. The van der Waals surface area contributed by atoms with Crippen LogP contribution in [0.1, 0.15) is 79.5 Å². The number of rotatable bonds is 1. The minimum absolute atomic E-state index is 0.0418. The van der Waals surface area contributed by atoms with E-state index in [1.54, 1.807) is 0 Å². The molecule has 15 rings (SSSR count). The summed E-state index contributed by atoms with van der Waals surface area (Å²) in [7, 11) is 0. The first-order valence-corrected chi connectivity index (χ1v) is 24.2.